The van der Waals surface area contributed by atoms with E-state index in [0.29, 0.717) is 18.0 Å². The average Bonchev–Trinajstić information content (AvgIpc) is 2.77. The highest BCUT2D eigenvalue weighted by molar-refractivity contribution is 6.48. The lowest BCUT2D eigenvalue weighted by Gasteiger charge is -2.22. The second-order valence-corrected chi connectivity index (χ2v) is 9.32. The lowest BCUT2D eigenvalue weighted by atomic mass is 9.92. The number of hydrazine groups is 1. The summed E-state index contributed by atoms with van der Waals surface area (Å²) in [5, 5.41) is 1.39. The minimum absolute atomic E-state index is 0.0566. The van der Waals surface area contributed by atoms with Crippen LogP contribution in [0.1, 0.15) is 34.3 Å². The number of halogens is 10. The monoisotopic (exact) mass is 609 g/mol. The maximum absolute atomic E-state index is 15.0. The second-order valence-electron chi connectivity index (χ2n) is 7.72. The lowest BCUT2D eigenvalue weighted by molar-refractivity contribution is -0.123. The zero-order chi connectivity index (χ0) is 28.3. The number of amides is 3. The molecule has 0 aromatic heterocycles. The van der Waals surface area contributed by atoms with Crippen molar-refractivity contribution in [1.82, 2.24) is 15.8 Å². The molecule has 0 spiro atoms. The molecule has 0 aliphatic carbocycles. The first-order chi connectivity index (χ1) is 16.9. The minimum Gasteiger partial charge on any atom is -0.327 e. The van der Waals surface area contributed by atoms with Crippen molar-refractivity contribution in [2.45, 2.75) is 24.9 Å². The summed E-state index contributed by atoms with van der Waals surface area (Å²) in [6, 6.07) is 4.06. The van der Waals surface area contributed by atoms with Crippen LogP contribution in [0, 0.1) is 0 Å². The van der Waals surface area contributed by atoms with Crippen LogP contribution < -0.4 is 10.7 Å². The van der Waals surface area contributed by atoms with Gasteiger partial charge < -0.3 is 5.32 Å². The van der Waals surface area contributed by atoms with Gasteiger partial charge in [0.05, 0.1) is 31.6 Å². The first kappa shape index (κ1) is 30.9. The van der Waals surface area contributed by atoms with E-state index in [4.69, 9.17) is 46.4 Å². The number of carbonyl (C=O) groups is 2. The van der Waals surface area contributed by atoms with Gasteiger partial charge in [0, 0.05) is 19.5 Å². The van der Waals surface area contributed by atoms with E-state index >= 15 is 4.39 Å². The molecule has 202 valence electrons. The van der Waals surface area contributed by atoms with E-state index < -0.39 is 42.3 Å². The standard InChI is InChI=1S/C22H17Cl4F6N3O2/c1-21(28,29)13(11-6-15(24)18(26)16(25)7-11)8-17(27)10-3-4-12(14(23)5-10)19(36)34-35(2)20(37)33-9-22(30,31)32/h3-8,13H,9H2,1-2H3,(H,33,37)(H,34,36)/b17-8-. The van der Waals surface area contributed by atoms with E-state index in [1.54, 1.807) is 5.32 Å². The minimum atomic E-state index is -4.66. The fourth-order valence-electron chi connectivity index (χ4n) is 2.94. The number of hydrogen-bond donors (Lipinski definition) is 2. The molecule has 0 saturated heterocycles. The van der Waals surface area contributed by atoms with E-state index in [-0.39, 0.29) is 36.8 Å². The Morgan fingerprint density at radius 2 is 1.57 bits per heavy atom. The third-order valence-corrected chi connectivity index (χ3v) is 6.24. The molecule has 1 unspecified atom stereocenters. The Hall–Kier alpha value is -2.34. The normalized spacial score (nSPS) is 13.2. The number of nitrogens with one attached hydrogen (secondary N) is 2. The third kappa shape index (κ3) is 8.59. The van der Waals surface area contributed by atoms with Crippen molar-refractivity contribution in [2.24, 2.45) is 0 Å². The summed E-state index contributed by atoms with van der Waals surface area (Å²) in [7, 11) is 0.981. The Balaban J connectivity index is 2.27. The highest BCUT2D eigenvalue weighted by Gasteiger charge is 2.35. The van der Waals surface area contributed by atoms with Gasteiger partial charge in [-0.25, -0.2) is 23.0 Å². The van der Waals surface area contributed by atoms with Gasteiger partial charge in [0.1, 0.15) is 12.4 Å². The average molecular weight is 611 g/mol. The summed E-state index contributed by atoms with van der Waals surface area (Å²) in [6.45, 7) is -1.06. The predicted octanol–water partition coefficient (Wildman–Crippen LogP) is 7.90. The SMILES string of the molecule is CN(NC(=O)c1ccc(/C(F)=C/C(c2cc(Cl)c(Cl)c(Cl)c2)C(C)(F)F)cc1Cl)C(=O)NCC(F)(F)F. The largest absolute Gasteiger partial charge is 0.405 e. The number of alkyl halides is 5. The summed E-state index contributed by atoms with van der Waals surface area (Å²) < 4.78 is 80.4. The summed E-state index contributed by atoms with van der Waals surface area (Å²) in [5.74, 6) is -7.40. The molecule has 2 aromatic carbocycles. The van der Waals surface area contributed by atoms with Crippen LogP contribution in [0.4, 0.5) is 31.1 Å². The van der Waals surface area contributed by atoms with E-state index in [1.807, 2.05) is 5.43 Å². The van der Waals surface area contributed by atoms with Crippen molar-refractivity contribution in [3.8, 4) is 0 Å². The Morgan fingerprint density at radius 1 is 1.00 bits per heavy atom. The third-order valence-electron chi connectivity index (χ3n) is 4.73. The number of carbonyl (C=O) groups excluding carboxylic acids is 2. The van der Waals surface area contributed by atoms with Gasteiger partial charge in [0.25, 0.3) is 11.8 Å². The molecule has 2 rings (SSSR count). The van der Waals surface area contributed by atoms with Gasteiger partial charge in [-0.05, 0) is 35.9 Å². The summed E-state index contributed by atoms with van der Waals surface area (Å²) in [5.41, 5.74) is 1.34. The Labute approximate surface area is 227 Å². The Morgan fingerprint density at radius 3 is 2.05 bits per heavy atom. The van der Waals surface area contributed by atoms with E-state index in [9.17, 15) is 31.5 Å². The molecule has 5 nitrogen and oxygen atoms in total. The zero-order valence-corrected chi connectivity index (χ0v) is 21.8. The zero-order valence-electron chi connectivity index (χ0n) is 18.8. The molecule has 0 bridgehead atoms. The molecule has 2 N–H and O–H groups in total. The van der Waals surface area contributed by atoms with Crippen LogP contribution in [0.15, 0.2) is 36.4 Å². The van der Waals surface area contributed by atoms with Crippen LogP contribution in [0.2, 0.25) is 20.1 Å². The maximum atomic E-state index is 15.0. The molecule has 15 heteroatoms. The van der Waals surface area contributed by atoms with Crippen molar-refractivity contribution in [3.63, 3.8) is 0 Å². The number of hydrogen-bond acceptors (Lipinski definition) is 2. The van der Waals surface area contributed by atoms with Crippen molar-refractivity contribution in [1.29, 1.82) is 0 Å². The van der Waals surface area contributed by atoms with Crippen LogP contribution >= 0.6 is 46.4 Å². The van der Waals surface area contributed by atoms with Crippen molar-refractivity contribution in [3.05, 3.63) is 73.2 Å². The van der Waals surface area contributed by atoms with Gasteiger partial charge in [0.15, 0.2) is 0 Å². The van der Waals surface area contributed by atoms with Crippen LogP contribution in [-0.4, -0.2) is 42.6 Å². The summed E-state index contributed by atoms with van der Waals surface area (Å²) >= 11 is 23.7. The van der Waals surface area contributed by atoms with E-state index in [1.165, 1.54) is 0 Å². The molecular weight excluding hydrogens is 594 g/mol. The first-order valence-electron chi connectivity index (χ1n) is 9.99. The second kappa shape index (κ2) is 12.0. The fraction of sp³-hybridized carbons (Fsp3) is 0.273. The van der Waals surface area contributed by atoms with Crippen LogP contribution in [0.5, 0.6) is 0 Å². The summed E-state index contributed by atoms with van der Waals surface area (Å²) in [4.78, 5) is 24.0. The number of benzene rings is 2. The van der Waals surface area contributed by atoms with Crippen LogP contribution in [0.25, 0.3) is 5.83 Å². The molecule has 2 aromatic rings. The highest BCUT2D eigenvalue weighted by Crippen LogP contribution is 2.41. The first-order valence-corrected chi connectivity index (χ1v) is 11.5. The molecule has 0 heterocycles. The van der Waals surface area contributed by atoms with Gasteiger partial charge >= 0.3 is 12.2 Å². The maximum Gasteiger partial charge on any atom is 0.405 e. The lowest BCUT2D eigenvalue weighted by Crippen LogP contribution is -2.50. The number of urea groups is 1. The Bertz CT molecular complexity index is 1190. The highest BCUT2D eigenvalue weighted by atomic mass is 35.5. The summed E-state index contributed by atoms with van der Waals surface area (Å²) in [6.07, 6.45) is -4.04. The topological polar surface area (TPSA) is 61.4 Å². The molecule has 0 radical (unpaired) electrons. The number of rotatable bonds is 6. The number of nitrogens with zero attached hydrogens (tertiary/aromatic N) is 1. The van der Waals surface area contributed by atoms with Crippen molar-refractivity contribution < 1.29 is 35.9 Å². The smallest absolute Gasteiger partial charge is 0.327 e. The molecule has 0 saturated carbocycles. The molecule has 3 amide bonds. The molecule has 0 fully saturated rings. The van der Waals surface area contributed by atoms with E-state index in [2.05, 4.69) is 0 Å². The fourth-order valence-corrected chi connectivity index (χ4v) is 3.82. The Kier molecular flexibility index (Phi) is 10.0. The van der Waals surface area contributed by atoms with Crippen LogP contribution in [0.3, 0.4) is 0 Å². The van der Waals surface area contributed by atoms with Crippen molar-refractivity contribution >= 4 is 64.2 Å². The van der Waals surface area contributed by atoms with Crippen LogP contribution in [-0.2, 0) is 0 Å². The van der Waals surface area contributed by atoms with E-state index in [0.717, 1.165) is 37.4 Å². The van der Waals surface area contributed by atoms with Gasteiger partial charge in [-0.2, -0.15) is 13.2 Å². The van der Waals surface area contributed by atoms with Crippen molar-refractivity contribution in [2.75, 3.05) is 13.6 Å². The quantitative estimate of drug-likeness (QED) is 0.198. The molecule has 0 aliphatic heterocycles. The van der Waals surface area contributed by atoms with Gasteiger partial charge in [-0.1, -0.05) is 52.5 Å². The molecule has 37 heavy (non-hydrogen) atoms. The predicted molar refractivity (Wildman–Crippen MR) is 130 cm³/mol. The number of allylic oxidation sites excluding steroid dienone is 1. The van der Waals surface area contributed by atoms with Gasteiger partial charge in [0.2, 0.25) is 0 Å². The molecule has 0 aliphatic rings. The van der Waals surface area contributed by atoms with Gasteiger partial charge in [-0.3, -0.25) is 10.2 Å². The van der Waals surface area contributed by atoms with Gasteiger partial charge in [-0.15, -0.1) is 0 Å². The molecular formula is C22H17Cl4F6N3O2. The molecule has 1 atom stereocenters.